The highest BCUT2D eigenvalue weighted by Crippen LogP contribution is 2.34. The van der Waals surface area contributed by atoms with E-state index >= 15 is 0 Å². The Kier molecular flexibility index (Phi) is 6.94. The minimum absolute atomic E-state index is 0.0329. The summed E-state index contributed by atoms with van der Waals surface area (Å²) < 4.78 is 38.5. The minimum Gasteiger partial charge on any atom is -0.353 e. The topological polar surface area (TPSA) is 100 Å². The zero-order valence-corrected chi connectivity index (χ0v) is 17.3. The number of alkyl halides is 3. The van der Waals surface area contributed by atoms with Crippen molar-refractivity contribution in [3.63, 3.8) is 0 Å². The predicted octanol–water partition coefficient (Wildman–Crippen LogP) is 3.29. The lowest BCUT2D eigenvalue weighted by Crippen LogP contribution is -2.48. The number of rotatable bonds is 5. The maximum absolute atomic E-state index is 12.8. The van der Waals surface area contributed by atoms with E-state index in [0.29, 0.717) is 25.9 Å². The first-order valence-corrected chi connectivity index (χ1v) is 9.96. The molecule has 3 rings (SSSR count). The van der Waals surface area contributed by atoms with E-state index in [1.807, 2.05) is 0 Å². The van der Waals surface area contributed by atoms with Gasteiger partial charge in [-0.25, -0.2) is 15.0 Å². The van der Waals surface area contributed by atoms with Crippen LogP contribution in [0.25, 0.3) is 0 Å². The van der Waals surface area contributed by atoms with Crippen LogP contribution in [-0.4, -0.2) is 45.9 Å². The van der Waals surface area contributed by atoms with Gasteiger partial charge in [0.05, 0.1) is 10.6 Å². The number of anilines is 2. The number of hydrogen-bond acceptors (Lipinski definition) is 6. The minimum atomic E-state index is -4.53. The fourth-order valence-corrected chi connectivity index (χ4v) is 3.41. The second-order valence-corrected chi connectivity index (χ2v) is 7.36. The van der Waals surface area contributed by atoms with Gasteiger partial charge in [-0.15, -0.1) is 0 Å². The molecule has 2 aromatic heterocycles. The molecule has 8 nitrogen and oxygen atoms in total. The van der Waals surface area contributed by atoms with Crippen LogP contribution in [-0.2, 0) is 11.0 Å². The number of nitrogens with zero attached hydrogens (tertiary/aromatic N) is 4. The van der Waals surface area contributed by atoms with E-state index < -0.39 is 17.6 Å². The molecule has 1 saturated heterocycles. The molecule has 1 fully saturated rings. The summed E-state index contributed by atoms with van der Waals surface area (Å²) in [5.74, 6) is -0.458. The zero-order valence-electron chi connectivity index (χ0n) is 16.5. The number of pyridine rings is 1. The molecule has 0 bridgehead atoms. The molecule has 0 radical (unpaired) electrons. The van der Waals surface area contributed by atoms with Crippen LogP contribution in [0.5, 0.6) is 0 Å². The third-order valence-corrected chi connectivity index (χ3v) is 4.94. The SMILES string of the molecule is CCC(=O)Nc1nccc(C(=O)N[C@@H]2CCCN(c3ncc(C(F)(F)F)cc3Cl)C2)n1. The van der Waals surface area contributed by atoms with Crippen molar-refractivity contribution in [3.8, 4) is 0 Å². The van der Waals surface area contributed by atoms with Crippen molar-refractivity contribution in [2.24, 2.45) is 0 Å². The van der Waals surface area contributed by atoms with Crippen molar-refractivity contribution >= 4 is 35.2 Å². The van der Waals surface area contributed by atoms with Gasteiger partial charge in [0.25, 0.3) is 5.91 Å². The highest BCUT2D eigenvalue weighted by molar-refractivity contribution is 6.33. The largest absolute Gasteiger partial charge is 0.417 e. The fourth-order valence-electron chi connectivity index (χ4n) is 3.12. The molecule has 1 aliphatic heterocycles. The van der Waals surface area contributed by atoms with Crippen LogP contribution in [0.3, 0.4) is 0 Å². The molecule has 2 N–H and O–H groups in total. The molecule has 0 aromatic carbocycles. The molecule has 31 heavy (non-hydrogen) atoms. The molecule has 0 spiro atoms. The monoisotopic (exact) mass is 456 g/mol. The first-order valence-electron chi connectivity index (χ1n) is 9.58. The average Bonchev–Trinajstić information content (AvgIpc) is 2.73. The van der Waals surface area contributed by atoms with E-state index in [9.17, 15) is 22.8 Å². The second-order valence-electron chi connectivity index (χ2n) is 6.95. The van der Waals surface area contributed by atoms with Gasteiger partial charge in [-0.2, -0.15) is 13.2 Å². The van der Waals surface area contributed by atoms with Crippen molar-refractivity contribution in [2.45, 2.75) is 38.4 Å². The van der Waals surface area contributed by atoms with Crippen LogP contribution in [0.15, 0.2) is 24.5 Å². The Morgan fingerprint density at radius 1 is 1.32 bits per heavy atom. The molecule has 2 aromatic rings. The lowest BCUT2D eigenvalue weighted by atomic mass is 10.1. The van der Waals surface area contributed by atoms with Gasteiger partial charge in [-0.1, -0.05) is 18.5 Å². The van der Waals surface area contributed by atoms with Gasteiger partial charge in [0.1, 0.15) is 11.5 Å². The van der Waals surface area contributed by atoms with E-state index in [0.717, 1.165) is 12.3 Å². The third-order valence-electron chi connectivity index (χ3n) is 4.67. The van der Waals surface area contributed by atoms with Crippen LogP contribution >= 0.6 is 11.6 Å². The summed E-state index contributed by atoms with van der Waals surface area (Å²) >= 11 is 6.05. The lowest BCUT2D eigenvalue weighted by Gasteiger charge is -2.34. The predicted molar refractivity (Wildman–Crippen MR) is 108 cm³/mol. The number of carbonyl (C=O) groups is 2. The summed E-state index contributed by atoms with van der Waals surface area (Å²) in [5, 5.41) is 5.24. The Labute approximate surface area is 181 Å². The maximum Gasteiger partial charge on any atom is 0.417 e. The average molecular weight is 457 g/mol. The van der Waals surface area contributed by atoms with Gasteiger partial charge in [-0.3, -0.25) is 14.9 Å². The summed E-state index contributed by atoms with van der Waals surface area (Å²) in [5.41, 5.74) is -0.831. The van der Waals surface area contributed by atoms with E-state index in [1.54, 1.807) is 11.8 Å². The molecule has 0 saturated carbocycles. The summed E-state index contributed by atoms with van der Waals surface area (Å²) in [4.78, 5) is 37.6. The first kappa shape index (κ1) is 22.7. The number of halogens is 4. The number of aromatic nitrogens is 3. The lowest BCUT2D eigenvalue weighted by molar-refractivity contribution is -0.137. The van der Waals surface area contributed by atoms with Gasteiger partial charge in [0.15, 0.2) is 0 Å². The van der Waals surface area contributed by atoms with Crippen LogP contribution in [0, 0.1) is 0 Å². The number of carbonyl (C=O) groups excluding carboxylic acids is 2. The summed E-state index contributed by atoms with van der Waals surface area (Å²) in [7, 11) is 0. The normalized spacial score (nSPS) is 16.7. The van der Waals surface area contributed by atoms with Crippen LogP contribution in [0.2, 0.25) is 5.02 Å². The molecule has 2 amide bonds. The Morgan fingerprint density at radius 2 is 2.10 bits per heavy atom. The summed E-state index contributed by atoms with van der Waals surface area (Å²) in [6.07, 6.45) is -0.807. The highest BCUT2D eigenvalue weighted by atomic mass is 35.5. The van der Waals surface area contributed by atoms with Gasteiger partial charge in [-0.05, 0) is 25.0 Å². The van der Waals surface area contributed by atoms with Gasteiger partial charge < -0.3 is 10.2 Å². The molecule has 1 atom stereocenters. The van der Waals surface area contributed by atoms with Crippen molar-refractivity contribution < 1.29 is 22.8 Å². The molecular weight excluding hydrogens is 437 g/mol. The standard InChI is InChI=1S/C19H20ClF3N6O2/c1-2-15(30)28-18-24-6-5-14(27-18)17(31)26-12-4-3-7-29(10-12)16-13(20)8-11(9-25-16)19(21,22)23/h5-6,8-9,12H,2-4,7,10H2,1H3,(H,26,31)(H,24,27,28,30)/t12-/m1/s1. The molecule has 12 heteroatoms. The molecular formula is C19H20ClF3N6O2. The zero-order chi connectivity index (χ0) is 22.6. The van der Waals surface area contributed by atoms with Crippen molar-refractivity contribution in [1.82, 2.24) is 20.3 Å². The molecule has 1 aliphatic rings. The summed E-state index contributed by atoms with van der Waals surface area (Å²) in [6, 6.07) is 1.98. The molecule has 166 valence electrons. The quantitative estimate of drug-likeness (QED) is 0.716. The molecule has 0 unspecified atom stereocenters. The highest BCUT2D eigenvalue weighted by Gasteiger charge is 2.32. The Morgan fingerprint density at radius 3 is 2.77 bits per heavy atom. The number of piperidine rings is 1. The van der Waals surface area contributed by atoms with E-state index in [2.05, 4.69) is 25.6 Å². The molecule has 3 heterocycles. The van der Waals surface area contributed by atoms with E-state index in [4.69, 9.17) is 11.6 Å². The van der Waals surface area contributed by atoms with E-state index in [1.165, 1.54) is 12.3 Å². The smallest absolute Gasteiger partial charge is 0.353 e. The Bertz CT molecular complexity index is 972. The fraction of sp³-hybridized carbons (Fsp3) is 0.421. The van der Waals surface area contributed by atoms with Crippen LogP contribution in [0.1, 0.15) is 42.2 Å². The maximum atomic E-state index is 12.8. The van der Waals surface area contributed by atoms with Gasteiger partial charge in [0, 0.05) is 37.9 Å². The third kappa shape index (κ3) is 5.81. The van der Waals surface area contributed by atoms with Gasteiger partial charge in [0.2, 0.25) is 11.9 Å². The van der Waals surface area contributed by atoms with E-state index in [-0.39, 0.29) is 40.9 Å². The van der Waals surface area contributed by atoms with Crippen LogP contribution in [0.4, 0.5) is 24.9 Å². The Hall–Kier alpha value is -2.95. The number of hydrogen-bond donors (Lipinski definition) is 2. The van der Waals surface area contributed by atoms with Gasteiger partial charge >= 0.3 is 6.18 Å². The van der Waals surface area contributed by atoms with Crippen molar-refractivity contribution in [3.05, 3.63) is 40.8 Å². The number of nitrogens with one attached hydrogen (secondary N) is 2. The first-order chi connectivity index (χ1) is 14.7. The molecule has 0 aliphatic carbocycles. The summed E-state index contributed by atoms with van der Waals surface area (Å²) in [6.45, 7) is 2.55. The van der Waals surface area contributed by atoms with Crippen molar-refractivity contribution in [2.75, 3.05) is 23.3 Å². The van der Waals surface area contributed by atoms with Crippen molar-refractivity contribution in [1.29, 1.82) is 0 Å². The Balaban J connectivity index is 1.67. The number of amides is 2. The van der Waals surface area contributed by atoms with Crippen LogP contribution < -0.4 is 15.5 Å². The second kappa shape index (κ2) is 9.46.